The van der Waals surface area contributed by atoms with Crippen LogP contribution in [0.4, 0.5) is 0 Å². The molecule has 16 heavy (non-hydrogen) atoms. The van der Waals surface area contributed by atoms with Crippen LogP contribution in [0.5, 0.6) is 0 Å². The number of benzene rings is 1. The molecule has 0 amide bonds. The Hall–Kier alpha value is -2.23. The van der Waals surface area contributed by atoms with Gasteiger partial charge in [0, 0.05) is 12.6 Å². The number of carbonyl (C=O) groups is 1. The molecular formula is C12H10N2O2. The minimum atomic E-state index is -1.06. The van der Waals surface area contributed by atoms with E-state index in [0.29, 0.717) is 6.42 Å². The molecule has 0 fully saturated rings. The Bertz CT molecular complexity index is 480. The zero-order valence-electron chi connectivity index (χ0n) is 8.50. The number of rotatable bonds is 3. The summed E-state index contributed by atoms with van der Waals surface area (Å²) in [6.07, 6.45) is 3.44. The van der Waals surface area contributed by atoms with Gasteiger partial charge in [0.25, 0.3) is 0 Å². The quantitative estimate of drug-likeness (QED) is 0.845. The number of aromatic carboxylic acids is 1. The SMILES string of the molecule is O=C(O)c1cnc(Cc2ccccc2)cn1. The monoisotopic (exact) mass is 214 g/mol. The Morgan fingerprint density at radius 3 is 2.44 bits per heavy atom. The van der Waals surface area contributed by atoms with E-state index in [4.69, 9.17) is 5.11 Å². The first kappa shape index (κ1) is 10.3. The minimum Gasteiger partial charge on any atom is -0.476 e. The molecule has 0 spiro atoms. The van der Waals surface area contributed by atoms with E-state index in [0.717, 1.165) is 11.3 Å². The van der Waals surface area contributed by atoms with Crippen LogP contribution >= 0.6 is 0 Å². The predicted molar refractivity (Wildman–Crippen MR) is 58.2 cm³/mol. The summed E-state index contributed by atoms with van der Waals surface area (Å²) in [5, 5.41) is 8.66. The standard InChI is InChI=1S/C12H10N2O2/c15-12(16)11-8-13-10(7-14-11)6-9-4-2-1-3-5-9/h1-5,7-8H,6H2,(H,15,16). The third kappa shape index (κ3) is 2.42. The van der Waals surface area contributed by atoms with Crippen molar-refractivity contribution in [3.63, 3.8) is 0 Å². The molecule has 0 aliphatic carbocycles. The lowest BCUT2D eigenvalue weighted by atomic mass is 10.1. The van der Waals surface area contributed by atoms with Crippen LogP contribution in [0.3, 0.4) is 0 Å². The molecule has 4 heteroatoms. The summed E-state index contributed by atoms with van der Waals surface area (Å²) in [7, 11) is 0. The summed E-state index contributed by atoms with van der Waals surface area (Å²) < 4.78 is 0. The zero-order valence-corrected chi connectivity index (χ0v) is 8.50. The van der Waals surface area contributed by atoms with Gasteiger partial charge in [-0.2, -0.15) is 0 Å². The number of carboxylic acid groups (broad SMARTS) is 1. The van der Waals surface area contributed by atoms with E-state index < -0.39 is 5.97 Å². The second kappa shape index (κ2) is 4.53. The van der Waals surface area contributed by atoms with E-state index in [1.165, 1.54) is 12.4 Å². The van der Waals surface area contributed by atoms with Gasteiger partial charge >= 0.3 is 5.97 Å². The molecule has 0 saturated heterocycles. The highest BCUT2D eigenvalue weighted by molar-refractivity contribution is 5.84. The number of nitrogens with zero attached hydrogens (tertiary/aromatic N) is 2. The maximum Gasteiger partial charge on any atom is 0.356 e. The van der Waals surface area contributed by atoms with Crippen LogP contribution in [0, 0.1) is 0 Å². The van der Waals surface area contributed by atoms with Crippen molar-refractivity contribution in [3.8, 4) is 0 Å². The Morgan fingerprint density at radius 2 is 1.88 bits per heavy atom. The average molecular weight is 214 g/mol. The molecule has 4 nitrogen and oxygen atoms in total. The fourth-order valence-electron chi connectivity index (χ4n) is 1.36. The Balaban J connectivity index is 2.14. The van der Waals surface area contributed by atoms with Gasteiger partial charge in [-0.3, -0.25) is 4.98 Å². The van der Waals surface area contributed by atoms with E-state index in [-0.39, 0.29) is 5.69 Å². The molecule has 0 unspecified atom stereocenters. The number of aromatic nitrogens is 2. The summed E-state index contributed by atoms with van der Waals surface area (Å²) in [4.78, 5) is 18.4. The van der Waals surface area contributed by atoms with Gasteiger partial charge in [0.1, 0.15) is 0 Å². The van der Waals surface area contributed by atoms with Gasteiger partial charge in [-0.1, -0.05) is 30.3 Å². The fraction of sp³-hybridized carbons (Fsp3) is 0.0833. The van der Waals surface area contributed by atoms with Gasteiger partial charge in [0.15, 0.2) is 5.69 Å². The van der Waals surface area contributed by atoms with E-state index >= 15 is 0 Å². The van der Waals surface area contributed by atoms with Crippen molar-refractivity contribution in [1.29, 1.82) is 0 Å². The van der Waals surface area contributed by atoms with Gasteiger partial charge < -0.3 is 5.11 Å². The van der Waals surface area contributed by atoms with E-state index in [9.17, 15) is 4.79 Å². The van der Waals surface area contributed by atoms with Crippen molar-refractivity contribution < 1.29 is 9.90 Å². The van der Waals surface area contributed by atoms with Crippen LogP contribution in [-0.4, -0.2) is 21.0 Å². The molecule has 80 valence electrons. The van der Waals surface area contributed by atoms with Crippen molar-refractivity contribution >= 4 is 5.97 Å². The van der Waals surface area contributed by atoms with Gasteiger partial charge in [0.2, 0.25) is 0 Å². The smallest absolute Gasteiger partial charge is 0.356 e. The lowest BCUT2D eigenvalue weighted by Gasteiger charge is -2.00. The highest BCUT2D eigenvalue weighted by atomic mass is 16.4. The Morgan fingerprint density at radius 1 is 1.12 bits per heavy atom. The Labute approximate surface area is 92.6 Å². The molecule has 1 aromatic heterocycles. The first-order chi connectivity index (χ1) is 7.75. The molecule has 1 N–H and O–H groups in total. The fourth-order valence-corrected chi connectivity index (χ4v) is 1.36. The van der Waals surface area contributed by atoms with E-state index in [2.05, 4.69) is 9.97 Å². The summed E-state index contributed by atoms with van der Waals surface area (Å²) in [5.74, 6) is -1.06. The maximum atomic E-state index is 10.6. The largest absolute Gasteiger partial charge is 0.476 e. The molecule has 0 atom stereocenters. The van der Waals surface area contributed by atoms with Crippen LogP contribution in [-0.2, 0) is 6.42 Å². The molecule has 0 aliphatic rings. The van der Waals surface area contributed by atoms with Crippen LogP contribution < -0.4 is 0 Å². The second-order valence-electron chi connectivity index (χ2n) is 3.36. The summed E-state index contributed by atoms with van der Waals surface area (Å²) in [5.41, 5.74) is 1.85. The molecule has 2 rings (SSSR count). The normalized spacial score (nSPS) is 10.0. The molecule has 0 saturated carbocycles. The predicted octanol–water partition coefficient (Wildman–Crippen LogP) is 1.77. The topological polar surface area (TPSA) is 63.1 Å². The molecule has 0 aliphatic heterocycles. The highest BCUT2D eigenvalue weighted by Gasteiger charge is 2.04. The van der Waals surface area contributed by atoms with E-state index in [1.807, 2.05) is 30.3 Å². The van der Waals surface area contributed by atoms with Crippen molar-refractivity contribution in [3.05, 3.63) is 59.7 Å². The third-order valence-corrected chi connectivity index (χ3v) is 2.15. The molecule has 2 aromatic rings. The van der Waals surface area contributed by atoms with Gasteiger partial charge in [-0.25, -0.2) is 9.78 Å². The minimum absolute atomic E-state index is 0.0307. The van der Waals surface area contributed by atoms with Crippen molar-refractivity contribution in [1.82, 2.24) is 9.97 Å². The van der Waals surface area contributed by atoms with Crippen molar-refractivity contribution in [2.24, 2.45) is 0 Å². The summed E-state index contributed by atoms with van der Waals surface area (Å²) in [6.45, 7) is 0. The first-order valence-corrected chi connectivity index (χ1v) is 4.84. The third-order valence-electron chi connectivity index (χ3n) is 2.15. The zero-order chi connectivity index (χ0) is 11.4. The van der Waals surface area contributed by atoms with Gasteiger partial charge in [0.05, 0.1) is 11.9 Å². The maximum absolute atomic E-state index is 10.6. The molecule has 1 heterocycles. The lowest BCUT2D eigenvalue weighted by molar-refractivity contribution is 0.0690. The van der Waals surface area contributed by atoms with Crippen LogP contribution in [0.15, 0.2) is 42.7 Å². The summed E-state index contributed by atoms with van der Waals surface area (Å²) >= 11 is 0. The average Bonchev–Trinajstić information content (AvgIpc) is 2.31. The van der Waals surface area contributed by atoms with Crippen molar-refractivity contribution in [2.75, 3.05) is 0 Å². The number of hydrogen-bond acceptors (Lipinski definition) is 3. The van der Waals surface area contributed by atoms with Crippen LogP contribution in [0.2, 0.25) is 0 Å². The highest BCUT2D eigenvalue weighted by Crippen LogP contribution is 2.05. The lowest BCUT2D eigenvalue weighted by Crippen LogP contribution is -2.02. The summed E-state index contributed by atoms with van der Waals surface area (Å²) in [6, 6.07) is 9.84. The Kier molecular flexibility index (Phi) is 2.91. The van der Waals surface area contributed by atoms with Gasteiger partial charge in [-0.15, -0.1) is 0 Å². The van der Waals surface area contributed by atoms with E-state index in [1.54, 1.807) is 0 Å². The molecule has 0 bridgehead atoms. The van der Waals surface area contributed by atoms with Gasteiger partial charge in [-0.05, 0) is 5.56 Å². The van der Waals surface area contributed by atoms with Crippen LogP contribution in [0.25, 0.3) is 0 Å². The van der Waals surface area contributed by atoms with Crippen LogP contribution in [0.1, 0.15) is 21.7 Å². The number of carboxylic acids is 1. The molecule has 0 radical (unpaired) electrons. The number of hydrogen-bond donors (Lipinski definition) is 1. The second-order valence-corrected chi connectivity index (χ2v) is 3.36. The first-order valence-electron chi connectivity index (χ1n) is 4.84. The van der Waals surface area contributed by atoms with Crippen molar-refractivity contribution in [2.45, 2.75) is 6.42 Å². The molecule has 1 aromatic carbocycles. The molecular weight excluding hydrogens is 204 g/mol.